The minimum atomic E-state index is -0.716. The quantitative estimate of drug-likeness (QED) is 0.555. The van der Waals surface area contributed by atoms with Crippen LogP contribution in [0.25, 0.3) is 6.08 Å². The second-order valence-electron chi connectivity index (χ2n) is 7.17. The summed E-state index contributed by atoms with van der Waals surface area (Å²) in [4.78, 5) is 38.7. The van der Waals surface area contributed by atoms with Crippen molar-refractivity contribution in [2.75, 3.05) is 13.2 Å². The van der Waals surface area contributed by atoms with Gasteiger partial charge in [0.1, 0.15) is 12.6 Å². The molecule has 1 aliphatic heterocycles. The van der Waals surface area contributed by atoms with Crippen LogP contribution in [0.15, 0.2) is 36.4 Å². The van der Waals surface area contributed by atoms with Gasteiger partial charge in [0.05, 0.1) is 0 Å². The summed E-state index contributed by atoms with van der Waals surface area (Å²) in [6.07, 6.45) is 5.45. The lowest BCUT2D eigenvalue weighted by Crippen LogP contribution is -2.47. The van der Waals surface area contributed by atoms with E-state index in [-0.39, 0.29) is 6.61 Å². The Bertz CT molecular complexity index is 679. The number of likely N-dealkylation sites (tertiary alicyclic amines) is 1. The molecule has 2 rings (SSSR count). The molecular formula is C21H27NO4. The van der Waals surface area contributed by atoms with Crippen molar-refractivity contribution < 1.29 is 19.1 Å². The first-order valence-corrected chi connectivity index (χ1v) is 9.10. The molecule has 0 aliphatic carbocycles. The number of ketones is 1. The molecule has 0 bridgehead atoms. The molecule has 1 aromatic carbocycles. The van der Waals surface area contributed by atoms with Crippen LogP contribution in [0, 0.1) is 5.41 Å². The average molecular weight is 357 g/mol. The van der Waals surface area contributed by atoms with Crippen LogP contribution in [0.2, 0.25) is 0 Å². The van der Waals surface area contributed by atoms with Crippen molar-refractivity contribution >= 4 is 23.7 Å². The summed E-state index contributed by atoms with van der Waals surface area (Å²) in [6.45, 7) is 5.95. The van der Waals surface area contributed by atoms with Crippen molar-refractivity contribution in [2.45, 2.75) is 46.1 Å². The summed E-state index contributed by atoms with van der Waals surface area (Å²) in [7, 11) is 0. The van der Waals surface area contributed by atoms with Crippen molar-refractivity contribution in [2.24, 2.45) is 5.41 Å². The molecule has 0 radical (unpaired) electrons. The summed E-state index contributed by atoms with van der Waals surface area (Å²) < 4.78 is 5.29. The Morgan fingerprint density at radius 1 is 1.23 bits per heavy atom. The molecule has 140 valence electrons. The highest BCUT2D eigenvalue weighted by molar-refractivity contribution is 6.38. The molecule has 0 spiro atoms. The van der Waals surface area contributed by atoms with Crippen molar-refractivity contribution in [1.29, 1.82) is 0 Å². The largest absolute Gasteiger partial charge is 0.460 e. The Morgan fingerprint density at radius 2 is 1.92 bits per heavy atom. The second kappa shape index (κ2) is 8.79. The summed E-state index contributed by atoms with van der Waals surface area (Å²) in [5.74, 6) is -1.46. The van der Waals surface area contributed by atoms with Gasteiger partial charge in [-0.05, 0) is 30.9 Å². The van der Waals surface area contributed by atoms with Gasteiger partial charge in [-0.15, -0.1) is 0 Å². The molecule has 1 atom stereocenters. The van der Waals surface area contributed by atoms with Crippen LogP contribution >= 0.6 is 0 Å². The molecule has 0 unspecified atom stereocenters. The fraction of sp³-hybridized carbons (Fsp3) is 0.476. The molecule has 1 heterocycles. The molecule has 1 aromatic rings. The maximum Gasteiger partial charge on any atom is 0.329 e. The molecule has 26 heavy (non-hydrogen) atoms. The number of rotatable bonds is 7. The van der Waals surface area contributed by atoms with Gasteiger partial charge in [0.2, 0.25) is 5.78 Å². The average Bonchev–Trinajstić information content (AvgIpc) is 3.14. The maximum absolute atomic E-state index is 12.5. The Hall–Kier alpha value is -2.43. The van der Waals surface area contributed by atoms with Gasteiger partial charge in [0.25, 0.3) is 5.91 Å². The minimum Gasteiger partial charge on any atom is -0.460 e. The number of ether oxygens (including phenoxy) is 1. The molecule has 0 saturated carbocycles. The van der Waals surface area contributed by atoms with Gasteiger partial charge in [-0.2, -0.15) is 0 Å². The van der Waals surface area contributed by atoms with Gasteiger partial charge < -0.3 is 9.64 Å². The Kier molecular flexibility index (Phi) is 6.72. The molecular weight excluding hydrogens is 330 g/mol. The number of nitrogens with zero attached hydrogens (tertiary/aromatic N) is 1. The second-order valence-corrected chi connectivity index (χ2v) is 7.17. The monoisotopic (exact) mass is 357 g/mol. The van der Waals surface area contributed by atoms with E-state index in [9.17, 15) is 14.4 Å². The van der Waals surface area contributed by atoms with Crippen molar-refractivity contribution in [1.82, 2.24) is 4.90 Å². The van der Waals surface area contributed by atoms with Crippen LogP contribution in [-0.4, -0.2) is 41.8 Å². The highest BCUT2D eigenvalue weighted by atomic mass is 16.5. The van der Waals surface area contributed by atoms with E-state index in [4.69, 9.17) is 4.74 Å². The lowest BCUT2D eigenvalue weighted by molar-refractivity contribution is -0.156. The van der Waals surface area contributed by atoms with Gasteiger partial charge in [-0.25, -0.2) is 4.79 Å². The van der Waals surface area contributed by atoms with E-state index in [2.05, 4.69) is 0 Å². The first-order valence-electron chi connectivity index (χ1n) is 9.10. The van der Waals surface area contributed by atoms with Crippen LogP contribution < -0.4 is 0 Å². The maximum atomic E-state index is 12.5. The van der Waals surface area contributed by atoms with Gasteiger partial charge in [0, 0.05) is 12.0 Å². The van der Waals surface area contributed by atoms with E-state index in [1.807, 2.05) is 43.3 Å². The predicted octanol–water partition coefficient (Wildman–Crippen LogP) is 3.24. The third kappa shape index (κ3) is 4.81. The number of benzene rings is 1. The molecule has 5 heteroatoms. The Morgan fingerprint density at radius 3 is 2.58 bits per heavy atom. The molecule has 1 amide bonds. The lowest BCUT2D eigenvalue weighted by Gasteiger charge is -2.27. The highest BCUT2D eigenvalue weighted by Crippen LogP contribution is 2.25. The molecule has 1 aliphatic rings. The van der Waals surface area contributed by atoms with Crippen molar-refractivity contribution in [3.8, 4) is 0 Å². The predicted molar refractivity (Wildman–Crippen MR) is 100 cm³/mol. The first-order chi connectivity index (χ1) is 12.4. The van der Waals surface area contributed by atoms with E-state index in [0.717, 1.165) is 5.56 Å². The summed E-state index contributed by atoms with van der Waals surface area (Å²) in [6, 6.07) is 9.05. The number of hydrogen-bond acceptors (Lipinski definition) is 4. The fourth-order valence-electron chi connectivity index (χ4n) is 2.81. The number of Topliss-reactive ketones (excluding diaryl/α,β-unsaturated/α-hetero) is 1. The number of amides is 1. The fourth-order valence-corrected chi connectivity index (χ4v) is 2.81. The van der Waals surface area contributed by atoms with E-state index >= 15 is 0 Å². The normalized spacial score (nSPS) is 17.5. The zero-order valence-corrected chi connectivity index (χ0v) is 15.7. The highest BCUT2D eigenvalue weighted by Gasteiger charge is 2.41. The zero-order chi connectivity index (χ0) is 19.2. The molecule has 0 N–H and O–H groups in total. The van der Waals surface area contributed by atoms with Crippen LogP contribution in [-0.2, 0) is 19.1 Å². The topological polar surface area (TPSA) is 63.7 Å². The number of carbonyl (C=O) groups excluding carboxylic acids is 3. The van der Waals surface area contributed by atoms with Crippen molar-refractivity contribution in [3.63, 3.8) is 0 Å². The van der Waals surface area contributed by atoms with E-state index in [0.29, 0.717) is 25.8 Å². The summed E-state index contributed by atoms with van der Waals surface area (Å²) in [5.41, 5.74) is 0.306. The van der Waals surface area contributed by atoms with Crippen LogP contribution in [0.1, 0.15) is 45.6 Å². The standard InChI is InChI=1S/C21H27NO4/c1-4-21(2,3)18(23)19(24)22-14-8-13-17(22)20(25)26-15-9-12-16-10-6-5-7-11-16/h5-7,9-12,17H,4,8,13-15H2,1-3H3/b12-9+/t17-/m0/s1. The first kappa shape index (κ1) is 19.9. The van der Waals surface area contributed by atoms with Gasteiger partial charge in [-0.1, -0.05) is 57.2 Å². The third-order valence-electron chi connectivity index (χ3n) is 4.91. The minimum absolute atomic E-state index is 0.140. The molecule has 1 saturated heterocycles. The smallest absolute Gasteiger partial charge is 0.329 e. The van der Waals surface area contributed by atoms with Crippen LogP contribution in [0.3, 0.4) is 0 Å². The number of esters is 1. The SMILES string of the molecule is CCC(C)(C)C(=O)C(=O)N1CCC[C@H]1C(=O)OC/C=C/c1ccccc1. The van der Waals surface area contributed by atoms with Crippen LogP contribution in [0.5, 0.6) is 0 Å². The van der Waals surface area contributed by atoms with Gasteiger partial charge in [0.15, 0.2) is 0 Å². The van der Waals surface area contributed by atoms with Gasteiger partial charge >= 0.3 is 5.97 Å². The Labute approximate surface area is 155 Å². The van der Waals surface area contributed by atoms with Gasteiger partial charge in [-0.3, -0.25) is 9.59 Å². The van der Waals surface area contributed by atoms with E-state index in [1.54, 1.807) is 19.9 Å². The summed E-state index contributed by atoms with van der Waals surface area (Å²) >= 11 is 0. The zero-order valence-electron chi connectivity index (χ0n) is 15.7. The van der Waals surface area contributed by atoms with Crippen LogP contribution in [0.4, 0.5) is 0 Å². The summed E-state index contributed by atoms with van der Waals surface area (Å²) in [5, 5.41) is 0. The number of carbonyl (C=O) groups is 3. The molecule has 0 aromatic heterocycles. The number of hydrogen-bond donors (Lipinski definition) is 0. The molecule has 5 nitrogen and oxygen atoms in total. The van der Waals surface area contributed by atoms with E-state index in [1.165, 1.54) is 4.90 Å². The van der Waals surface area contributed by atoms with E-state index < -0.39 is 29.1 Å². The lowest BCUT2D eigenvalue weighted by atomic mass is 9.84. The Balaban J connectivity index is 1.92. The third-order valence-corrected chi connectivity index (χ3v) is 4.91. The molecule has 1 fully saturated rings. The van der Waals surface area contributed by atoms with Crippen molar-refractivity contribution in [3.05, 3.63) is 42.0 Å².